The number of carbonyl (C=O) groups excluding carboxylic acids is 1. The van der Waals surface area contributed by atoms with Crippen LogP contribution in [0.2, 0.25) is 0 Å². The van der Waals surface area contributed by atoms with E-state index in [1.807, 2.05) is 44.2 Å². The predicted octanol–water partition coefficient (Wildman–Crippen LogP) is 7.16. The number of fused-ring (bicyclic) bond motifs is 1. The van der Waals surface area contributed by atoms with Crippen molar-refractivity contribution >= 4 is 16.6 Å². The van der Waals surface area contributed by atoms with Crippen LogP contribution in [0.15, 0.2) is 66.7 Å². The molecule has 2 nitrogen and oxygen atoms in total. The van der Waals surface area contributed by atoms with Crippen LogP contribution in [0.5, 0.6) is 0 Å². The molecule has 0 heterocycles. The smallest absolute Gasteiger partial charge is 0.163 e. The van der Waals surface area contributed by atoms with Gasteiger partial charge in [0.25, 0.3) is 0 Å². The van der Waals surface area contributed by atoms with Gasteiger partial charge in [-0.1, -0.05) is 101 Å². The largest absolute Gasteiger partial charge is 0.330 e. The number of ketones is 1. The summed E-state index contributed by atoms with van der Waals surface area (Å²) in [6.07, 6.45) is 2.35. The van der Waals surface area contributed by atoms with Gasteiger partial charge in [0.15, 0.2) is 5.78 Å². The van der Waals surface area contributed by atoms with Gasteiger partial charge in [-0.2, -0.15) is 0 Å². The van der Waals surface area contributed by atoms with Crippen LogP contribution in [-0.2, 0) is 6.42 Å². The van der Waals surface area contributed by atoms with Crippen LogP contribution >= 0.6 is 0 Å². The van der Waals surface area contributed by atoms with E-state index in [2.05, 4.69) is 57.2 Å². The molecule has 3 aromatic carbocycles. The van der Waals surface area contributed by atoms with E-state index in [1.165, 1.54) is 11.1 Å². The van der Waals surface area contributed by atoms with Gasteiger partial charge in [-0.25, -0.2) is 0 Å². The van der Waals surface area contributed by atoms with E-state index >= 15 is 0 Å². The van der Waals surface area contributed by atoms with E-state index < -0.39 is 0 Å². The number of carbonyl (C=O) groups is 1. The molecule has 0 saturated carbocycles. The first-order valence-electron chi connectivity index (χ1n) is 11.2. The minimum absolute atomic E-state index is 0.202. The summed E-state index contributed by atoms with van der Waals surface area (Å²) in [6, 6.07) is 22.7. The van der Waals surface area contributed by atoms with Crippen molar-refractivity contribution in [3.8, 4) is 0 Å². The maximum atomic E-state index is 12.8. The highest BCUT2D eigenvalue weighted by atomic mass is 16.1. The Bertz CT molecular complexity index is 930. The molecule has 3 aromatic rings. The van der Waals surface area contributed by atoms with E-state index in [9.17, 15) is 4.79 Å². The summed E-state index contributed by atoms with van der Waals surface area (Å²) in [7, 11) is 0. The molecule has 0 aliphatic carbocycles. The van der Waals surface area contributed by atoms with Crippen LogP contribution in [-0.4, -0.2) is 12.3 Å². The zero-order valence-corrected chi connectivity index (χ0v) is 19.2. The zero-order valence-electron chi connectivity index (χ0n) is 19.2. The Morgan fingerprint density at radius 3 is 2.17 bits per heavy atom. The lowest BCUT2D eigenvalue weighted by molar-refractivity contribution is 0.0984. The van der Waals surface area contributed by atoms with Crippen LogP contribution in [0.3, 0.4) is 0 Å². The quantitative estimate of drug-likeness (QED) is 0.425. The minimum atomic E-state index is 0.202. The van der Waals surface area contributed by atoms with Crippen LogP contribution in [0.1, 0.15) is 74.9 Å². The van der Waals surface area contributed by atoms with Gasteiger partial charge in [-0.3, -0.25) is 4.79 Å². The number of benzene rings is 3. The first kappa shape index (κ1) is 23.8. The Labute approximate surface area is 182 Å². The van der Waals surface area contributed by atoms with Crippen molar-refractivity contribution in [2.45, 2.75) is 59.8 Å². The molecule has 0 saturated heterocycles. The fourth-order valence-corrected chi connectivity index (χ4v) is 3.89. The standard InChI is InChI=1S/C26H31NO.C2H6/c1-26(2,3)17-22(18-27)20-14-11-19(12-15-20)13-16-25(28)24-10-6-8-21-7-4-5-9-23(21)24;1-2/h4-12,14-15,22H,13,16-18,27H2,1-3H3;1-2H3. The van der Waals surface area contributed by atoms with Crippen molar-refractivity contribution in [1.29, 1.82) is 0 Å². The number of Topliss-reactive ketones (excluding diaryl/α,β-unsaturated/α-hetero) is 1. The molecule has 160 valence electrons. The number of nitrogens with two attached hydrogens (primary N) is 1. The number of rotatable bonds is 7. The summed E-state index contributed by atoms with van der Waals surface area (Å²) in [5, 5.41) is 2.16. The van der Waals surface area contributed by atoms with Crippen molar-refractivity contribution in [2.24, 2.45) is 11.1 Å². The molecule has 0 aromatic heterocycles. The second-order valence-corrected chi connectivity index (χ2v) is 8.89. The number of hydrogen-bond donors (Lipinski definition) is 1. The third-order valence-corrected chi connectivity index (χ3v) is 5.33. The molecule has 30 heavy (non-hydrogen) atoms. The lowest BCUT2D eigenvalue weighted by Crippen LogP contribution is -2.19. The second kappa shape index (κ2) is 11.1. The molecular formula is C28H37NO. The normalized spacial score (nSPS) is 12.2. The van der Waals surface area contributed by atoms with Crippen LogP contribution in [0.25, 0.3) is 10.8 Å². The highest BCUT2D eigenvalue weighted by molar-refractivity contribution is 6.08. The maximum absolute atomic E-state index is 12.8. The van der Waals surface area contributed by atoms with Crippen molar-refractivity contribution < 1.29 is 4.79 Å². The van der Waals surface area contributed by atoms with E-state index in [4.69, 9.17) is 5.73 Å². The second-order valence-electron chi connectivity index (χ2n) is 8.89. The van der Waals surface area contributed by atoms with E-state index in [-0.39, 0.29) is 11.2 Å². The molecule has 0 aliphatic heterocycles. The fraction of sp³-hybridized carbons (Fsp3) is 0.393. The summed E-state index contributed by atoms with van der Waals surface area (Å²) in [4.78, 5) is 12.8. The summed E-state index contributed by atoms with van der Waals surface area (Å²) in [6.45, 7) is 11.4. The Morgan fingerprint density at radius 2 is 1.53 bits per heavy atom. The van der Waals surface area contributed by atoms with Gasteiger partial charge in [0, 0.05) is 12.0 Å². The van der Waals surface area contributed by atoms with Gasteiger partial charge >= 0.3 is 0 Å². The Kier molecular flexibility index (Phi) is 8.80. The van der Waals surface area contributed by atoms with E-state index in [0.717, 1.165) is 29.2 Å². The van der Waals surface area contributed by atoms with Crippen LogP contribution in [0, 0.1) is 5.41 Å². The van der Waals surface area contributed by atoms with Crippen LogP contribution < -0.4 is 5.73 Å². The summed E-state index contributed by atoms with van der Waals surface area (Å²) >= 11 is 0. The van der Waals surface area contributed by atoms with Gasteiger partial charge in [-0.15, -0.1) is 0 Å². The zero-order chi connectivity index (χ0) is 22.1. The lowest BCUT2D eigenvalue weighted by atomic mass is 9.81. The maximum Gasteiger partial charge on any atom is 0.163 e. The van der Waals surface area contributed by atoms with Crippen molar-refractivity contribution in [3.63, 3.8) is 0 Å². The average molecular weight is 404 g/mol. The van der Waals surface area contributed by atoms with Gasteiger partial charge in [-0.05, 0) is 52.6 Å². The molecule has 2 N–H and O–H groups in total. The third kappa shape index (κ3) is 6.53. The molecule has 1 unspecified atom stereocenters. The minimum Gasteiger partial charge on any atom is -0.330 e. The number of hydrogen-bond acceptors (Lipinski definition) is 2. The average Bonchev–Trinajstić information content (AvgIpc) is 2.76. The van der Waals surface area contributed by atoms with E-state index in [0.29, 0.717) is 18.9 Å². The first-order chi connectivity index (χ1) is 14.4. The Morgan fingerprint density at radius 1 is 0.900 bits per heavy atom. The first-order valence-corrected chi connectivity index (χ1v) is 11.2. The van der Waals surface area contributed by atoms with Gasteiger partial charge in [0.05, 0.1) is 0 Å². The predicted molar refractivity (Wildman–Crippen MR) is 130 cm³/mol. The number of aryl methyl sites for hydroxylation is 1. The molecule has 3 rings (SSSR count). The van der Waals surface area contributed by atoms with Gasteiger partial charge in [0.2, 0.25) is 0 Å². The summed E-state index contributed by atoms with van der Waals surface area (Å²) in [5.41, 5.74) is 9.58. The Balaban J connectivity index is 0.00000155. The topological polar surface area (TPSA) is 43.1 Å². The molecule has 0 bridgehead atoms. The summed E-state index contributed by atoms with van der Waals surface area (Å²) in [5.74, 6) is 0.583. The van der Waals surface area contributed by atoms with Gasteiger partial charge < -0.3 is 5.73 Å². The molecule has 1 atom stereocenters. The Hall–Kier alpha value is -2.45. The molecular weight excluding hydrogens is 366 g/mol. The molecule has 0 spiro atoms. The third-order valence-electron chi connectivity index (χ3n) is 5.33. The highest BCUT2D eigenvalue weighted by Gasteiger charge is 2.19. The van der Waals surface area contributed by atoms with Crippen LogP contribution in [0.4, 0.5) is 0 Å². The fourth-order valence-electron chi connectivity index (χ4n) is 3.89. The molecule has 0 aliphatic rings. The summed E-state index contributed by atoms with van der Waals surface area (Å²) < 4.78 is 0. The molecule has 0 radical (unpaired) electrons. The molecule has 2 heteroatoms. The molecule has 0 amide bonds. The lowest BCUT2D eigenvalue weighted by Gasteiger charge is -2.25. The van der Waals surface area contributed by atoms with Crippen molar-refractivity contribution in [3.05, 3.63) is 83.4 Å². The van der Waals surface area contributed by atoms with Crippen molar-refractivity contribution in [2.75, 3.05) is 6.54 Å². The monoisotopic (exact) mass is 403 g/mol. The molecule has 0 fully saturated rings. The highest BCUT2D eigenvalue weighted by Crippen LogP contribution is 2.30. The van der Waals surface area contributed by atoms with E-state index in [1.54, 1.807) is 0 Å². The SMILES string of the molecule is CC.CC(C)(C)CC(CN)c1ccc(CCC(=O)c2cccc3ccccc23)cc1. The van der Waals surface area contributed by atoms with Gasteiger partial charge in [0.1, 0.15) is 0 Å². The van der Waals surface area contributed by atoms with Crippen molar-refractivity contribution in [1.82, 2.24) is 0 Å².